The fourth-order valence-electron chi connectivity index (χ4n) is 2.56. The van der Waals surface area contributed by atoms with Crippen molar-refractivity contribution in [3.05, 3.63) is 89.7 Å². The first-order chi connectivity index (χ1) is 10.5. The summed E-state index contributed by atoms with van der Waals surface area (Å²) < 4.78 is 33.5. The zero-order valence-corrected chi connectivity index (χ0v) is 12.1. The molecule has 0 radical (unpaired) electrons. The van der Waals surface area contributed by atoms with Crippen LogP contribution in [-0.4, -0.2) is 0 Å². The summed E-state index contributed by atoms with van der Waals surface area (Å²) in [5.41, 5.74) is 2.56. The van der Waals surface area contributed by atoms with Crippen molar-refractivity contribution >= 4 is 11.1 Å². The maximum Gasteiger partial charge on any atom is 0.138 e. The zero-order chi connectivity index (χ0) is 15.9. The predicted molar refractivity (Wildman–Crippen MR) is 84.2 cm³/mol. The molecule has 0 atom stereocenters. The number of hydrogen-bond donors (Lipinski definition) is 0. The molecule has 1 heterocycles. The summed E-state index contributed by atoms with van der Waals surface area (Å²) in [5.74, 6) is 0.0761. The molecular formula is C19H14F2O. The molecule has 0 fully saturated rings. The van der Waals surface area contributed by atoms with Gasteiger partial charge in [0.15, 0.2) is 0 Å². The molecule has 0 saturated heterocycles. The second-order valence-corrected chi connectivity index (χ2v) is 5.19. The molecule has 0 saturated carbocycles. The lowest BCUT2D eigenvalue weighted by atomic mass is 9.88. The van der Waals surface area contributed by atoms with Crippen molar-refractivity contribution in [3.8, 4) is 5.75 Å². The molecule has 0 bridgehead atoms. The third-order valence-electron chi connectivity index (χ3n) is 3.52. The van der Waals surface area contributed by atoms with Gasteiger partial charge in [-0.25, -0.2) is 8.78 Å². The molecule has 2 aromatic carbocycles. The molecule has 2 aromatic rings. The van der Waals surface area contributed by atoms with Gasteiger partial charge in [0.25, 0.3) is 0 Å². The number of allylic oxidation sites excluding steroid dienone is 3. The van der Waals surface area contributed by atoms with Gasteiger partial charge in [0, 0.05) is 5.57 Å². The summed E-state index contributed by atoms with van der Waals surface area (Å²) in [5, 5.41) is 0. The van der Waals surface area contributed by atoms with Gasteiger partial charge in [0.05, 0.1) is 5.56 Å². The molecule has 1 aliphatic rings. The van der Waals surface area contributed by atoms with E-state index in [4.69, 9.17) is 4.74 Å². The van der Waals surface area contributed by atoms with Gasteiger partial charge >= 0.3 is 0 Å². The maximum atomic E-state index is 14.2. The van der Waals surface area contributed by atoms with Crippen LogP contribution in [0.15, 0.2) is 67.0 Å². The quantitative estimate of drug-likeness (QED) is 0.725. The smallest absolute Gasteiger partial charge is 0.138 e. The zero-order valence-electron chi connectivity index (χ0n) is 12.1. The second-order valence-electron chi connectivity index (χ2n) is 5.19. The maximum absolute atomic E-state index is 14.2. The number of halogens is 2. The first-order valence-corrected chi connectivity index (χ1v) is 6.81. The number of fused-ring (bicyclic) bond motifs is 1. The van der Waals surface area contributed by atoms with Gasteiger partial charge in [-0.15, -0.1) is 0 Å². The SMILES string of the molecule is C=C(C)C1=C(c2cccc(F)c2)C(=C)c2c(F)cccc2O1. The van der Waals surface area contributed by atoms with Gasteiger partial charge in [-0.1, -0.05) is 31.4 Å². The Morgan fingerprint density at radius 3 is 2.50 bits per heavy atom. The van der Waals surface area contributed by atoms with Crippen LogP contribution in [0.2, 0.25) is 0 Å². The Kier molecular flexibility index (Phi) is 3.41. The van der Waals surface area contributed by atoms with Gasteiger partial charge in [0.2, 0.25) is 0 Å². The normalized spacial score (nSPS) is 13.7. The van der Waals surface area contributed by atoms with E-state index in [0.717, 1.165) is 0 Å². The minimum atomic E-state index is -0.419. The van der Waals surface area contributed by atoms with E-state index < -0.39 is 5.82 Å². The Hall–Kier alpha value is -2.68. The summed E-state index contributed by atoms with van der Waals surface area (Å²) in [6, 6.07) is 10.7. The number of rotatable bonds is 2. The van der Waals surface area contributed by atoms with Crippen molar-refractivity contribution in [1.29, 1.82) is 0 Å². The molecule has 0 N–H and O–H groups in total. The number of benzene rings is 2. The number of ether oxygens (including phenoxy) is 1. The van der Waals surface area contributed by atoms with Crippen molar-refractivity contribution in [2.24, 2.45) is 0 Å². The van der Waals surface area contributed by atoms with Gasteiger partial charge < -0.3 is 4.74 Å². The van der Waals surface area contributed by atoms with E-state index in [1.807, 2.05) is 0 Å². The molecule has 3 rings (SSSR count). The van der Waals surface area contributed by atoms with Crippen LogP contribution in [0, 0.1) is 11.6 Å². The van der Waals surface area contributed by atoms with Crippen LogP contribution in [0.1, 0.15) is 18.1 Å². The third kappa shape index (κ3) is 2.25. The van der Waals surface area contributed by atoms with Crippen LogP contribution in [0.4, 0.5) is 8.78 Å². The molecule has 0 amide bonds. The topological polar surface area (TPSA) is 9.23 Å². The van der Waals surface area contributed by atoms with Crippen LogP contribution >= 0.6 is 0 Å². The molecular weight excluding hydrogens is 282 g/mol. The summed E-state index contributed by atoms with van der Waals surface area (Å²) in [6.07, 6.45) is 0. The standard InChI is InChI=1S/C19H14F2O/c1-11(2)19-17(13-6-4-7-14(20)10-13)12(3)18-15(21)8-5-9-16(18)22-19/h4-10H,1,3H2,2H3. The Labute approximate surface area is 127 Å². The van der Waals surface area contributed by atoms with E-state index in [1.165, 1.54) is 18.2 Å². The van der Waals surface area contributed by atoms with Crippen molar-refractivity contribution in [2.75, 3.05) is 0 Å². The monoisotopic (exact) mass is 296 g/mol. The Bertz CT molecular complexity index is 831. The van der Waals surface area contributed by atoms with Crippen LogP contribution in [0.25, 0.3) is 11.1 Å². The van der Waals surface area contributed by atoms with Crippen molar-refractivity contribution in [2.45, 2.75) is 6.92 Å². The lowest BCUT2D eigenvalue weighted by Gasteiger charge is -2.26. The van der Waals surface area contributed by atoms with Crippen LogP contribution < -0.4 is 4.74 Å². The fourth-order valence-corrected chi connectivity index (χ4v) is 2.56. The first-order valence-electron chi connectivity index (χ1n) is 6.81. The third-order valence-corrected chi connectivity index (χ3v) is 3.52. The average Bonchev–Trinajstić information content (AvgIpc) is 2.46. The van der Waals surface area contributed by atoms with Crippen LogP contribution in [0.3, 0.4) is 0 Å². The van der Waals surface area contributed by atoms with E-state index in [0.29, 0.717) is 39.4 Å². The summed E-state index contributed by atoms with van der Waals surface area (Å²) in [7, 11) is 0. The molecule has 0 unspecified atom stereocenters. The Morgan fingerprint density at radius 2 is 1.82 bits per heavy atom. The van der Waals surface area contributed by atoms with Gasteiger partial charge in [0.1, 0.15) is 23.1 Å². The lowest BCUT2D eigenvalue weighted by molar-refractivity contribution is 0.429. The summed E-state index contributed by atoms with van der Waals surface area (Å²) in [4.78, 5) is 0. The van der Waals surface area contributed by atoms with E-state index in [-0.39, 0.29) is 5.82 Å². The molecule has 110 valence electrons. The molecule has 1 nitrogen and oxygen atoms in total. The molecule has 0 spiro atoms. The van der Waals surface area contributed by atoms with Gasteiger partial charge in [-0.05, 0) is 47.9 Å². The van der Waals surface area contributed by atoms with Crippen molar-refractivity contribution in [3.63, 3.8) is 0 Å². The second kappa shape index (κ2) is 5.26. The van der Waals surface area contributed by atoms with Crippen LogP contribution in [-0.2, 0) is 0 Å². The molecule has 3 heteroatoms. The average molecular weight is 296 g/mol. The molecule has 22 heavy (non-hydrogen) atoms. The molecule has 0 aromatic heterocycles. The first kappa shape index (κ1) is 14.3. The van der Waals surface area contributed by atoms with Crippen molar-refractivity contribution in [1.82, 2.24) is 0 Å². The highest BCUT2D eigenvalue weighted by Gasteiger charge is 2.27. The molecule has 0 aliphatic carbocycles. The van der Waals surface area contributed by atoms with Crippen LogP contribution in [0.5, 0.6) is 5.75 Å². The highest BCUT2D eigenvalue weighted by atomic mass is 19.1. The predicted octanol–water partition coefficient (Wildman–Crippen LogP) is 5.36. The fraction of sp³-hybridized carbons (Fsp3) is 0.0526. The summed E-state index contributed by atoms with van der Waals surface area (Å²) in [6.45, 7) is 9.67. The van der Waals surface area contributed by atoms with E-state index in [1.54, 1.807) is 31.2 Å². The Morgan fingerprint density at radius 1 is 1.09 bits per heavy atom. The molecule has 1 aliphatic heterocycles. The highest BCUT2D eigenvalue weighted by molar-refractivity contribution is 6.08. The minimum Gasteiger partial charge on any atom is -0.456 e. The highest BCUT2D eigenvalue weighted by Crippen LogP contribution is 2.44. The van der Waals surface area contributed by atoms with Crippen molar-refractivity contribution < 1.29 is 13.5 Å². The van der Waals surface area contributed by atoms with E-state index in [2.05, 4.69) is 13.2 Å². The van der Waals surface area contributed by atoms with E-state index >= 15 is 0 Å². The van der Waals surface area contributed by atoms with E-state index in [9.17, 15) is 8.78 Å². The largest absolute Gasteiger partial charge is 0.456 e. The van der Waals surface area contributed by atoms with Gasteiger partial charge in [-0.3, -0.25) is 0 Å². The van der Waals surface area contributed by atoms with Gasteiger partial charge in [-0.2, -0.15) is 0 Å². The summed E-state index contributed by atoms with van der Waals surface area (Å²) >= 11 is 0. The lowest BCUT2D eigenvalue weighted by Crippen LogP contribution is -2.11. The number of hydrogen-bond acceptors (Lipinski definition) is 1. The minimum absolute atomic E-state index is 0.298. The Balaban J connectivity index is 2.27.